The Labute approximate surface area is 250 Å². The number of benzene rings is 3. The molecule has 0 aliphatic carbocycles. The number of anilines is 3. The van der Waals surface area contributed by atoms with Crippen molar-refractivity contribution in [1.29, 1.82) is 0 Å². The lowest BCUT2D eigenvalue weighted by Crippen LogP contribution is -2.49. The molecule has 2 N–H and O–H groups in total. The number of nitrogens with zero attached hydrogens (tertiary/aromatic N) is 2. The van der Waals surface area contributed by atoms with Crippen molar-refractivity contribution < 1.29 is 57.5 Å². The normalized spacial score (nSPS) is 20.4. The fraction of sp³-hybridized carbons (Fsp3) is 0.296. The Hall–Kier alpha value is -3.80. The van der Waals surface area contributed by atoms with Crippen LogP contribution in [0.4, 0.5) is 69.7 Å². The van der Waals surface area contributed by atoms with Crippen LogP contribution >= 0.6 is 11.8 Å². The van der Waals surface area contributed by atoms with Crippen LogP contribution in [0.25, 0.3) is 0 Å². The molecular weight excluding hydrogens is 656 g/mol. The average molecular weight is 675 g/mol. The summed E-state index contributed by atoms with van der Waals surface area (Å²) in [7, 11) is 1.19. The molecule has 2 heterocycles. The van der Waals surface area contributed by atoms with Gasteiger partial charge in [-0.05, 0) is 42.5 Å². The van der Waals surface area contributed by atoms with Crippen molar-refractivity contribution in [3.63, 3.8) is 0 Å². The largest absolute Gasteiger partial charge is 0.416 e. The summed E-state index contributed by atoms with van der Waals surface area (Å²) in [6.45, 7) is -0.259. The van der Waals surface area contributed by atoms with Crippen LogP contribution in [-0.2, 0) is 34.3 Å². The van der Waals surface area contributed by atoms with E-state index in [1.54, 1.807) is 24.3 Å². The third-order valence-electron chi connectivity index (χ3n) is 6.94. The maximum atomic E-state index is 13.6. The Morgan fingerprint density at radius 1 is 0.733 bits per heavy atom. The van der Waals surface area contributed by atoms with Gasteiger partial charge in [0.15, 0.2) is 5.17 Å². The first-order chi connectivity index (χ1) is 20.7. The zero-order valence-electron chi connectivity index (χ0n) is 22.3. The van der Waals surface area contributed by atoms with Crippen molar-refractivity contribution in [3.8, 4) is 0 Å². The summed E-state index contributed by atoms with van der Waals surface area (Å²) in [6, 6.07) is 8.03. The topological polar surface area (TPSA) is 48.9 Å². The number of hydrogen-bond acceptors (Lipinski definition) is 6. The molecule has 5 nitrogen and oxygen atoms in total. The number of amidine groups is 1. The molecule has 0 fully saturated rings. The van der Waals surface area contributed by atoms with E-state index >= 15 is 0 Å². The lowest BCUT2D eigenvalue weighted by molar-refractivity contribution is -0.144. The number of alkyl halides is 12. The summed E-state index contributed by atoms with van der Waals surface area (Å²) >= 11 is 0.799. The van der Waals surface area contributed by atoms with E-state index in [-0.39, 0.29) is 23.8 Å². The minimum absolute atomic E-state index is 0.0435. The van der Waals surface area contributed by atoms with Crippen LogP contribution in [0.5, 0.6) is 0 Å². The molecule has 2 aliphatic rings. The summed E-state index contributed by atoms with van der Waals surface area (Å²) in [5.74, 6) is 0. The Balaban J connectivity index is 1.54. The van der Waals surface area contributed by atoms with Crippen molar-refractivity contribution in [2.75, 3.05) is 29.4 Å². The maximum absolute atomic E-state index is 13.6. The highest BCUT2D eigenvalue weighted by Gasteiger charge is 2.56. The van der Waals surface area contributed by atoms with Crippen LogP contribution in [0.3, 0.4) is 0 Å². The summed E-state index contributed by atoms with van der Waals surface area (Å²) in [4.78, 5) is 9.70. The highest BCUT2D eigenvalue weighted by Crippen LogP contribution is 2.55. The van der Waals surface area contributed by atoms with Crippen LogP contribution < -0.4 is 15.7 Å². The van der Waals surface area contributed by atoms with Crippen molar-refractivity contribution >= 4 is 34.0 Å². The minimum atomic E-state index is -5.14. The second kappa shape index (κ2) is 10.9. The van der Waals surface area contributed by atoms with Gasteiger partial charge < -0.3 is 10.6 Å². The van der Waals surface area contributed by atoms with E-state index in [1.807, 2.05) is 0 Å². The number of halogens is 12. The van der Waals surface area contributed by atoms with Gasteiger partial charge in [0, 0.05) is 16.9 Å². The number of aliphatic imine (C=N–C) groups is 1. The standard InChI is InChI=1S/C27H18F12N4OS/c1-44-43-20-5-3-2-4-19(20)23(21(43)41-17-8-13(24(28,29)30)6-14(9-17)25(31,32)33)12-40-22(45-23)42-18-10-15(26(34,35)36)7-16(11-18)27(37,38)39/h2-11,21,41H,12H2,1H3,(H,40,42)/t21-,23+/m1/s1. The molecule has 2 atom stereocenters. The highest BCUT2D eigenvalue weighted by molar-refractivity contribution is 8.15. The van der Waals surface area contributed by atoms with Crippen molar-refractivity contribution in [2.45, 2.75) is 35.6 Å². The molecule has 0 aromatic heterocycles. The van der Waals surface area contributed by atoms with Crippen molar-refractivity contribution in [3.05, 3.63) is 88.5 Å². The predicted octanol–water partition coefficient (Wildman–Crippen LogP) is 8.99. The molecule has 0 saturated heterocycles. The van der Waals surface area contributed by atoms with Gasteiger partial charge in [0.05, 0.1) is 41.6 Å². The zero-order chi connectivity index (χ0) is 33.2. The van der Waals surface area contributed by atoms with Crippen LogP contribution in [0.1, 0.15) is 27.8 Å². The molecule has 0 radical (unpaired) electrons. The van der Waals surface area contributed by atoms with Crippen LogP contribution in [0, 0.1) is 0 Å². The number of hydrogen-bond donors (Lipinski definition) is 2. The predicted molar refractivity (Wildman–Crippen MR) is 141 cm³/mol. The molecule has 0 unspecified atom stereocenters. The number of hydroxylamine groups is 1. The molecule has 0 saturated carbocycles. The first kappa shape index (κ1) is 32.6. The Morgan fingerprint density at radius 3 is 1.67 bits per heavy atom. The van der Waals surface area contributed by atoms with Crippen molar-refractivity contribution in [1.82, 2.24) is 0 Å². The van der Waals surface area contributed by atoms with Gasteiger partial charge in [0.2, 0.25) is 0 Å². The van der Waals surface area contributed by atoms with Gasteiger partial charge in [0.1, 0.15) is 10.9 Å². The molecule has 3 aromatic rings. The van der Waals surface area contributed by atoms with Gasteiger partial charge in [-0.15, -0.1) is 0 Å². The van der Waals surface area contributed by atoms with Gasteiger partial charge in [-0.2, -0.15) is 52.7 Å². The van der Waals surface area contributed by atoms with Gasteiger partial charge in [-0.3, -0.25) is 9.83 Å². The lowest BCUT2D eigenvalue weighted by atomic mass is 9.97. The SMILES string of the molecule is CON1c2ccccc2[C@@]2(CN=C(Nc3cc(C(F)(F)F)cc(C(F)(F)F)c3)S2)[C@@H]1Nc1cc(C(F)(F)F)cc(C(F)(F)F)c1. The molecule has 2 aliphatic heterocycles. The number of rotatable bonds is 4. The molecule has 0 amide bonds. The quantitative estimate of drug-likeness (QED) is 0.271. The smallest absolute Gasteiger partial charge is 0.362 e. The van der Waals surface area contributed by atoms with E-state index < -0.39 is 69.2 Å². The third-order valence-corrected chi connectivity index (χ3v) is 8.30. The summed E-state index contributed by atoms with van der Waals surface area (Å²) < 4.78 is 160. The second-order valence-corrected chi connectivity index (χ2v) is 11.2. The van der Waals surface area contributed by atoms with E-state index in [0.29, 0.717) is 35.5 Å². The number of para-hydroxylation sites is 1. The number of nitrogens with one attached hydrogen (secondary N) is 2. The summed E-state index contributed by atoms with van der Waals surface area (Å²) in [5, 5.41) is 6.14. The molecule has 242 valence electrons. The van der Waals surface area contributed by atoms with Crippen LogP contribution in [0.15, 0.2) is 65.7 Å². The molecule has 5 rings (SSSR count). The Bertz CT molecular complexity index is 1570. The molecule has 18 heteroatoms. The van der Waals surface area contributed by atoms with Crippen LogP contribution in [0.2, 0.25) is 0 Å². The van der Waals surface area contributed by atoms with E-state index in [2.05, 4.69) is 15.6 Å². The van der Waals surface area contributed by atoms with E-state index in [9.17, 15) is 52.7 Å². The molecule has 3 aromatic carbocycles. The minimum Gasteiger partial charge on any atom is -0.362 e. The third kappa shape index (κ3) is 6.34. The lowest BCUT2D eigenvalue weighted by Gasteiger charge is -2.35. The summed E-state index contributed by atoms with van der Waals surface area (Å²) in [5.41, 5.74) is -6.77. The molecule has 45 heavy (non-hydrogen) atoms. The van der Waals surface area contributed by atoms with E-state index in [0.717, 1.165) is 11.8 Å². The van der Waals surface area contributed by atoms with Gasteiger partial charge >= 0.3 is 24.7 Å². The fourth-order valence-electron chi connectivity index (χ4n) is 5.00. The maximum Gasteiger partial charge on any atom is 0.416 e. The molecular formula is C27H18F12N4OS. The van der Waals surface area contributed by atoms with E-state index in [1.165, 1.54) is 12.2 Å². The van der Waals surface area contributed by atoms with Gasteiger partial charge in [-0.1, -0.05) is 30.0 Å². The molecule has 1 spiro atoms. The zero-order valence-corrected chi connectivity index (χ0v) is 23.1. The second-order valence-electron chi connectivity index (χ2n) is 9.90. The Kier molecular flexibility index (Phi) is 7.91. The van der Waals surface area contributed by atoms with Crippen LogP contribution in [-0.4, -0.2) is 25.0 Å². The Morgan fingerprint density at radius 2 is 1.20 bits per heavy atom. The first-order valence-corrected chi connectivity index (χ1v) is 13.3. The first-order valence-electron chi connectivity index (χ1n) is 12.5. The van der Waals surface area contributed by atoms with Gasteiger partial charge in [0.25, 0.3) is 0 Å². The highest BCUT2D eigenvalue weighted by atomic mass is 32.2. The molecule has 0 bridgehead atoms. The fourth-order valence-corrected chi connectivity index (χ4v) is 6.32. The summed E-state index contributed by atoms with van der Waals surface area (Å²) in [6.07, 6.45) is -21.8. The van der Waals surface area contributed by atoms with E-state index in [4.69, 9.17) is 4.84 Å². The average Bonchev–Trinajstić information content (AvgIpc) is 3.45. The monoisotopic (exact) mass is 674 g/mol. The van der Waals surface area contributed by atoms with Crippen molar-refractivity contribution in [2.24, 2.45) is 4.99 Å². The van der Waals surface area contributed by atoms with Gasteiger partial charge in [-0.25, -0.2) is 5.06 Å². The number of thioether (sulfide) groups is 1. The number of fused-ring (bicyclic) bond motifs is 2.